The first-order valence-corrected chi connectivity index (χ1v) is 7.76. The van der Waals surface area contributed by atoms with Crippen LogP contribution in [0.15, 0.2) is 18.2 Å². The number of carbonyl (C=O) groups excluding carboxylic acids is 2. The van der Waals surface area contributed by atoms with E-state index in [4.69, 9.17) is 4.74 Å². The monoisotopic (exact) mass is 304 g/mol. The summed E-state index contributed by atoms with van der Waals surface area (Å²) < 4.78 is 5.15. The molecule has 0 saturated carbocycles. The number of ether oxygens (including phenoxy) is 1. The first-order valence-electron chi connectivity index (χ1n) is 7.76. The van der Waals surface area contributed by atoms with E-state index in [1.54, 1.807) is 4.90 Å². The molecule has 0 bridgehead atoms. The maximum Gasteiger partial charge on any atom is 0.253 e. The Labute approximate surface area is 131 Å². The van der Waals surface area contributed by atoms with Crippen molar-refractivity contribution in [1.82, 2.24) is 0 Å². The van der Waals surface area contributed by atoms with Crippen LogP contribution in [0.25, 0.3) is 0 Å². The summed E-state index contributed by atoms with van der Waals surface area (Å²) in [7, 11) is 0. The molecule has 0 aliphatic carbocycles. The van der Waals surface area contributed by atoms with Gasteiger partial charge in [-0.2, -0.15) is 0 Å². The molecule has 0 atom stereocenters. The third-order valence-corrected chi connectivity index (χ3v) is 3.71. The largest absolute Gasteiger partial charge is 0.370 e. The van der Waals surface area contributed by atoms with Crippen LogP contribution in [0, 0.1) is 12.8 Å². The van der Waals surface area contributed by atoms with E-state index in [2.05, 4.69) is 19.2 Å². The van der Waals surface area contributed by atoms with Gasteiger partial charge >= 0.3 is 0 Å². The van der Waals surface area contributed by atoms with E-state index in [0.29, 0.717) is 25.5 Å². The van der Waals surface area contributed by atoms with Crippen molar-refractivity contribution in [3.63, 3.8) is 0 Å². The molecule has 0 aromatic heterocycles. The van der Waals surface area contributed by atoms with Crippen LogP contribution in [0.1, 0.15) is 32.3 Å². The molecule has 2 rings (SSSR count). The smallest absolute Gasteiger partial charge is 0.253 e. The molecule has 120 valence electrons. The molecule has 1 fully saturated rings. The minimum Gasteiger partial charge on any atom is -0.370 e. The molecule has 1 heterocycles. The Hall–Kier alpha value is -1.88. The van der Waals surface area contributed by atoms with Crippen LogP contribution in [0.5, 0.6) is 0 Å². The molecule has 5 nitrogen and oxygen atoms in total. The maximum absolute atomic E-state index is 11.9. The van der Waals surface area contributed by atoms with Crippen LogP contribution in [-0.2, 0) is 14.3 Å². The lowest BCUT2D eigenvalue weighted by Gasteiger charge is -2.28. The Bertz CT molecular complexity index is 555. The number of amides is 2. The van der Waals surface area contributed by atoms with Crippen LogP contribution in [-0.4, -0.2) is 31.6 Å². The Kier molecular flexibility index (Phi) is 5.55. The number of anilines is 2. The normalized spacial score (nSPS) is 15.3. The highest BCUT2D eigenvalue weighted by atomic mass is 16.5. The molecule has 1 N–H and O–H groups in total. The zero-order valence-electron chi connectivity index (χ0n) is 13.5. The molecule has 22 heavy (non-hydrogen) atoms. The highest BCUT2D eigenvalue weighted by Gasteiger charge is 2.21. The third-order valence-electron chi connectivity index (χ3n) is 3.71. The van der Waals surface area contributed by atoms with E-state index in [-0.39, 0.29) is 18.4 Å². The van der Waals surface area contributed by atoms with Gasteiger partial charge in [-0.3, -0.25) is 9.59 Å². The van der Waals surface area contributed by atoms with E-state index in [1.807, 2.05) is 25.1 Å². The lowest BCUT2D eigenvalue weighted by molar-refractivity contribution is -0.125. The number of hydrogen-bond donors (Lipinski definition) is 1. The van der Waals surface area contributed by atoms with Gasteiger partial charge < -0.3 is 15.0 Å². The topological polar surface area (TPSA) is 58.6 Å². The maximum atomic E-state index is 11.9. The van der Waals surface area contributed by atoms with Gasteiger partial charge in [0, 0.05) is 24.3 Å². The second-order valence-electron chi connectivity index (χ2n) is 6.08. The van der Waals surface area contributed by atoms with Gasteiger partial charge in [0.1, 0.15) is 6.61 Å². The van der Waals surface area contributed by atoms with E-state index < -0.39 is 0 Å². The van der Waals surface area contributed by atoms with Crippen molar-refractivity contribution in [2.45, 2.75) is 33.6 Å². The second kappa shape index (κ2) is 7.40. The van der Waals surface area contributed by atoms with Crippen LogP contribution in [0.3, 0.4) is 0 Å². The van der Waals surface area contributed by atoms with Crippen molar-refractivity contribution < 1.29 is 14.3 Å². The molecular formula is C17H24N2O3. The van der Waals surface area contributed by atoms with E-state index in [9.17, 15) is 9.59 Å². The van der Waals surface area contributed by atoms with Crippen LogP contribution >= 0.6 is 0 Å². The van der Waals surface area contributed by atoms with E-state index in [0.717, 1.165) is 23.4 Å². The van der Waals surface area contributed by atoms with Gasteiger partial charge in [-0.1, -0.05) is 13.8 Å². The molecule has 1 aliphatic rings. The minimum absolute atomic E-state index is 0.0249. The fourth-order valence-electron chi connectivity index (χ4n) is 2.45. The summed E-state index contributed by atoms with van der Waals surface area (Å²) in [5.74, 6) is 0.522. The van der Waals surface area contributed by atoms with Crippen LogP contribution in [0.2, 0.25) is 0 Å². The predicted molar refractivity (Wildman–Crippen MR) is 87.1 cm³/mol. The van der Waals surface area contributed by atoms with Crippen molar-refractivity contribution in [1.29, 1.82) is 0 Å². The first kappa shape index (κ1) is 16.5. The molecule has 0 unspecified atom stereocenters. The Morgan fingerprint density at radius 3 is 2.82 bits per heavy atom. The predicted octanol–water partition coefficient (Wildman–Crippen LogP) is 2.73. The molecule has 0 radical (unpaired) electrons. The van der Waals surface area contributed by atoms with Crippen molar-refractivity contribution >= 4 is 23.2 Å². The SMILES string of the molecule is Cc1cc(NC(=O)CCC(C)C)ccc1N1CCOCC1=O. The summed E-state index contributed by atoms with van der Waals surface area (Å²) in [4.78, 5) is 25.5. The van der Waals surface area contributed by atoms with E-state index in [1.165, 1.54) is 0 Å². The summed E-state index contributed by atoms with van der Waals surface area (Å²) in [5.41, 5.74) is 2.63. The molecule has 2 amide bonds. The zero-order valence-corrected chi connectivity index (χ0v) is 13.5. The lowest BCUT2D eigenvalue weighted by atomic mass is 10.1. The standard InChI is InChI=1S/C17H24N2O3/c1-12(2)4-7-16(20)18-14-5-6-15(13(3)10-14)19-8-9-22-11-17(19)21/h5-6,10,12H,4,7-9,11H2,1-3H3,(H,18,20). The number of aryl methyl sites for hydroxylation is 1. The number of benzene rings is 1. The Morgan fingerprint density at radius 1 is 1.41 bits per heavy atom. The molecule has 1 aliphatic heterocycles. The van der Waals surface area contributed by atoms with Crippen LogP contribution < -0.4 is 10.2 Å². The minimum atomic E-state index is -0.0249. The molecule has 1 aromatic carbocycles. The van der Waals surface area contributed by atoms with Crippen molar-refractivity contribution in [3.8, 4) is 0 Å². The summed E-state index contributed by atoms with van der Waals surface area (Å²) in [6, 6.07) is 5.64. The van der Waals surface area contributed by atoms with Gasteiger partial charge in [0.25, 0.3) is 5.91 Å². The Balaban J connectivity index is 2.03. The van der Waals surface area contributed by atoms with E-state index >= 15 is 0 Å². The molecular weight excluding hydrogens is 280 g/mol. The third kappa shape index (κ3) is 4.31. The fourth-order valence-corrected chi connectivity index (χ4v) is 2.45. The van der Waals surface area contributed by atoms with Gasteiger partial charge in [0.15, 0.2) is 0 Å². The molecule has 1 saturated heterocycles. The van der Waals surface area contributed by atoms with Gasteiger partial charge in [0.05, 0.1) is 6.61 Å². The van der Waals surface area contributed by atoms with Crippen molar-refractivity contribution in [2.24, 2.45) is 5.92 Å². The summed E-state index contributed by atoms with van der Waals surface area (Å²) in [6.07, 6.45) is 1.41. The molecule has 5 heteroatoms. The summed E-state index contributed by atoms with van der Waals surface area (Å²) in [5, 5.41) is 2.91. The number of nitrogens with zero attached hydrogens (tertiary/aromatic N) is 1. The average Bonchev–Trinajstić information content (AvgIpc) is 2.46. The highest BCUT2D eigenvalue weighted by molar-refractivity contribution is 5.96. The number of hydrogen-bond acceptors (Lipinski definition) is 3. The first-order chi connectivity index (χ1) is 10.5. The zero-order chi connectivity index (χ0) is 16.1. The lowest BCUT2D eigenvalue weighted by Crippen LogP contribution is -2.42. The second-order valence-corrected chi connectivity index (χ2v) is 6.08. The van der Waals surface area contributed by atoms with Crippen molar-refractivity contribution in [2.75, 3.05) is 30.0 Å². The van der Waals surface area contributed by atoms with Gasteiger partial charge in [-0.15, -0.1) is 0 Å². The van der Waals surface area contributed by atoms with Crippen LogP contribution in [0.4, 0.5) is 11.4 Å². The average molecular weight is 304 g/mol. The Morgan fingerprint density at radius 2 is 2.18 bits per heavy atom. The molecule has 0 spiro atoms. The number of morpholine rings is 1. The van der Waals surface area contributed by atoms with Gasteiger partial charge in [-0.05, 0) is 43.0 Å². The fraction of sp³-hybridized carbons (Fsp3) is 0.529. The summed E-state index contributed by atoms with van der Waals surface area (Å²) in [6.45, 7) is 7.41. The molecule has 1 aromatic rings. The van der Waals surface area contributed by atoms with Crippen molar-refractivity contribution in [3.05, 3.63) is 23.8 Å². The highest BCUT2D eigenvalue weighted by Crippen LogP contribution is 2.25. The number of carbonyl (C=O) groups is 2. The summed E-state index contributed by atoms with van der Waals surface area (Å²) >= 11 is 0. The quantitative estimate of drug-likeness (QED) is 0.910. The number of rotatable bonds is 5. The number of nitrogens with one attached hydrogen (secondary N) is 1. The van der Waals surface area contributed by atoms with Gasteiger partial charge in [-0.25, -0.2) is 0 Å². The van der Waals surface area contributed by atoms with Gasteiger partial charge in [0.2, 0.25) is 5.91 Å².